The van der Waals surface area contributed by atoms with Crippen LogP contribution >= 0.6 is 0 Å². The molecular weight excluding hydrogens is 267 g/mol. The molecule has 1 N–H and O–H groups in total. The van der Waals surface area contributed by atoms with E-state index in [9.17, 15) is 4.39 Å². The summed E-state index contributed by atoms with van der Waals surface area (Å²) >= 11 is 0. The van der Waals surface area contributed by atoms with Crippen molar-refractivity contribution in [2.75, 3.05) is 26.7 Å². The largest absolute Gasteiger partial charge is 0.492 e. The van der Waals surface area contributed by atoms with Crippen LogP contribution in [0.2, 0.25) is 0 Å². The fourth-order valence-electron chi connectivity index (χ4n) is 2.95. The highest BCUT2D eigenvalue weighted by molar-refractivity contribution is 5.36. The number of halogens is 1. The summed E-state index contributed by atoms with van der Waals surface area (Å²) in [6.45, 7) is 6.75. The molecule has 0 saturated carbocycles. The number of hydrogen-bond donors (Lipinski definition) is 1. The first kappa shape index (κ1) is 16.2. The van der Waals surface area contributed by atoms with E-state index in [-0.39, 0.29) is 11.9 Å². The fraction of sp³-hybridized carbons (Fsp3) is 0.647. The van der Waals surface area contributed by atoms with Gasteiger partial charge in [-0.05, 0) is 58.1 Å². The van der Waals surface area contributed by atoms with Gasteiger partial charge in [-0.3, -0.25) is 0 Å². The third-order valence-electron chi connectivity index (χ3n) is 4.30. The Balaban J connectivity index is 2.04. The number of hydrogen-bond acceptors (Lipinski definition) is 3. The Bertz CT molecular complexity index is 452. The smallest absolute Gasteiger partial charge is 0.124 e. The van der Waals surface area contributed by atoms with Crippen LogP contribution in [0, 0.1) is 5.82 Å². The van der Waals surface area contributed by atoms with Gasteiger partial charge in [0.05, 0.1) is 0 Å². The molecule has 2 unspecified atom stereocenters. The SMILES string of the molecule is CCNC(C)c1cc(F)ccc1OCC1CCCCN1C. The Morgan fingerprint density at radius 3 is 2.95 bits per heavy atom. The van der Waals surface area contributed by atoms with Crippen LogP contribution in [0.4, 0.5) is 4.39 Å². The fourth-order valence-corrected chi connectivity index (χ4v) is 2.95. The molecular formula is C17H27FN2O. The van der Waals surface area contributed by atoms with E-state index >= 15 is 0 Å². The molecule has 1 aromatic carbocycles. The van der Waals surface area contributed by atoms with Gasteiger partial charge < -0.3 is 15.0 Å². The number of nitrogens with one attached hydrogen (secondary N) is 1. The number of benzene rings is 1. The average Bonchev–Trinajstić information content (AvgIpc) is 2.47. The first-order valence-corrected chi connectivity index (χ1v) is 7.97. The molecule has 3 nitrogen and oxygen atoms in total. The highest BCUT2D eigenvalue weighted by atomic mass is 19.1. The lowest BCUT2D eigenvalue weighted by Gasteiger charge is -2.32. The first-order valence-electron chi connectivity index (χ1n) is 7.97. The Kier molecular flexibility index (Phi) is 6.00. The Labute approximate surface area is 127 Å². The van der Waals surface area contributed by atoms with E-state index in [4.69, 9.17) is 4.74 Å². The van der Waals surface area contributed by atoms with E-state index in [0.717, 1.165) is 24.4 Å². The summed E-state index contributed by atoms with van der Waals surface area (Å²) in [4.78, 5) is 2.36. The Hall–Kier alpha value is -1.13. The second kappa shape index (κ2) is 7.76. The van der Waals surface area contributed by atoms with Crippen LogP contribution in [0.25, 0.3) is 0 Å². The minimum atomic E-state index is -0.211. The molecule has 1 aromatic rings. The molecule has 0 amide bonds. The van der Waals surface area contributed by atoms with E-state index in [0.29, 0.717) is 12.6 Å². The number of likely N-dealkylation sites (N-methyl/N-ethyl adjacent to an activating group) is 1. The lowest BCUT2D eigenvalue weighted by atomic mass is 10.0. The predicted octanol–water partition coefficient (Wildman–Crippen LogP) is 3.36. The second-order valence-electron chi connectivity index (χ2n) is 5.90. The van der Waals surface area contributed by atoms with Gasteiger partial charge in [0.25, 0.3) is 0 Å². The minimum Gasteiger partial charge on any atom is -0.492 e. The van der Waals surface area contributed by atoms with E-state index in [1.54, 1.807) is 12.1 Å². The topological polar surface area (TPSA) is 24.5 Å². The van der Waals surface area contributed by atoms with Gasteiger partial charge >= 0.3 is 0 Å². The maximum absolute atomic E-state index is 13.5. The van der Waals surface area contributed by atoms with Gasteiger partial charge in [-0.2, -0.15) is 0 Å². The molecule has 2 rings (SSSR count). The van der Waals surface area contributed by atoms with Crippen molar-refractivity contribution in [2.45, 2.75) is 45.2 Å². The molecule has 0 bridgehead atoms. The van der Waals surface area contributed by atoms with Crippen LogP contribution in [-0.2, 0) is 0 Å². The molecule has 1 aliphatic heterocycles. The summed E-state index contributed by atoms with van der Waals surface area (Å²) in [6.07, 6.45) is 3.71. The molecule has 1 aliphatic rings. The standard InChI is InChI=1S/C17H27FN2O/c1-4-19-13(2)16-11-14(18)8-9-17(16)21-12-15-7-5-6-10-20(15)3/h8-9,11,13,15,19H,4-7,10,12H2,1-3H3. The van der Waals surface area contributed by atoms with E-state index in [1.807, 2.05) is 13.8 Å². The van der Waals surface area contributed by atoms with Crippen LogP contribution in [0.3, 0.4) is 0 Å². The lowest BCUT2D eigenvalue weighted by Crippen LogP contribution is -2.40. The third kappa shape index (κ3) is 4.42. The molecule has 0 aromatic heterocycles. The van der Waals surface area contributed by atoms with Gasteiger partial charge in [-0.25, -0.2) is 4.39 Å². The Morgan fingerprint density at radius 1 is 1.43 bits per heavy atom. The van der Waals surface area contributed by atoms with E-state index in [1.165, 1.54) is 25.3 Å². The molecule has 0 aliphatic carbocycles. The molecule has 1 saturated heterocycles. The summed E-state index contributed by atoms with van der Waals surface area (Å²) in [7, 11) is 2.15. The van der Waals surface area contributed by atoms with Crippen molar-refractivity contribution >= 4 is 0 Å². The van der Waals surface area contributed by atoms with Crippen LogP contribution in [0.15, 0.2) is 18.2 Å². The monoisotopic (exact) mass is 294 g/mol. The number of likely N-dealkylation sites (tertiary alicyclic amines) is 1. The van der Waals surface area contributed by atoms with Crippen molar-refractivity contribution in [3.05, 3.63) is 29.6 Å². The van der Waals surface area contributed by atoms with Gasteiger partial charge in [0.1, 0.15) is 18.2 Å². The van der Waals surface area contributed by atoms with Crippen molar-refractivity contribution in [3.8, 4) is 5.75 Å². The molecule has 4 heteroatoms. The number of piperidine rings is 1. The molecule has 0 radical (unpaired) electrons. The molecule has 2 atom stereocenters. The van der Waals surface area contributed by atoms with Gasteiger partial charge in [0.2, 0.25) is 0 Å². The first-order chi connectivity index (χ1) is 10.1. The van der Waals surface area contributed by atoms with Crippen molar-refractivity contribution in [3.63, 3.8) is 0 Å². The molecule has 0 spiro atoms. The normalized spacial score (nSPS) is 21.2. The zero-order valence-corrected chi connectivity index (χ0v) is 13.4. The molecule has 1 heterocycles. The van der Waals surface area contributed by atoms with Crippen LogP contribution in [-0.4, -0.2) is 37.7 Å². The second-order valence-corrected chi connectivity index (χ2v) is 5.90. The quantitative estimate of drug-likeness (QED) is 0.870. The Morgan fingerprint density at radius 2 is 2.24 bits per heavy atom. The van der Waals surface area contributed by atoms with Gasteiger partial charge in [-0.1, -0.05) is 13.3 Å². The number of rotatable bonds is 6. The van der Waals surface area contributed by atoms with Crippen LogP contribution < -0.4 is 10.1 Å². The summed E-state index contributed by atoms with van der Waals surface area (Å²) in [5.41, 5.74) is 0.898. The molecule has 118 valence electrons. The maximum atomic E-state index is 13.5. The van der Waals surface area contributed by atoms with Crippen molar-refractivity contribution in [1.82, 2.24) is 10.2 Å². The predicted molar refractivity (Wildman–Crippen MR) is 84.3 cm³/mol. The van der Waals surface area contributed by atoms with Crippen molar-refractivity contribution in [1.29, 1.82) is 0 Å². The van der Waals surface area contributed by atoms with Crippen molar-refractivity contribution < 1.29 is 9.13 Å². The van der Waals surface area contributed by atoms with E-state index in [2.05, 4.69) is 17.3 Å². The number of ether oxygens (including phenoxy) is 1. The van der Waals surface area contributed by atoms with Gasteiger partial charge in [-0.15, -0.1) is 0 Å². The van der Waals surface area contributed by atoms with E-state index < -0.39 is 0 Å². The zero-order chi connectivity index (χ0) is 15.2. The van der Waals surface area contributed by atoms with Crippen molar-refractivity contribution in [2.24, 2.45) is 0 Å². The van der Waals surface area contributed by atoms with Crippen LogP contribution in [0.5, 0.6) is 5.75 Å². The lowest BCUT2D eigenvalue weighted by molar-refractivity contribution is 0.124. The maximum Gasteiger partial charge on any atom is 0.124 e. The summed E-state index contributed by atoms with van der Waals surface area (Å²) in [5, 5.41) is 3.32. The third-order valence-corrected chi connectivity index (χ3v) is 4.30. The van der Waals surface area contributed by atoms with Gasteiger partial charge in [0, 0.05) is 17.6 Å². The van der Waals surface area contributed by atoms with Crippen LogP contribution in [0.1, 0.15) is 44.7 Å². The minimum absolute atomic E-state index is 0.0878. The summed E-state index contributed by atoms with van der Waals surface area (Å²) < 4.78 is 19.5. The molecule has 1 fully saturated rings. The summed E-state index contributed by atoms with van der Waals surface area (Å²) in [5.74, 6) is 0.584. The highest BCUT2D eigenvalue weighted by Crippen LogP contribution is 2.27. The number of nitrogens with zero attached hydrogens (tertiary/aromatic N) is 1. The average molecular weight is 294 g/mol. The highest BCUT2D eigenvalue weighted by Gasteiger charge is 2.20. The zero-order valence-electron chi connectivity index (χ0n) is 13.4. The van der Waals surface area contributed by atoms with Gasteiger partial charge in [0.15, 0.2) is 0 Å². The molecule has 21 heavy (non-hydrogen) atoms. The summed E-state index contributed by atoms with van der Waals surface area (Å²) in [6, 6.07) is 5.35.